The molecular weight excluding hydrogens is 291 g/mol. The number of halogens is 3. The maximum Gasteiger partial charge on any atom is 0.326 e. The van der Waals surface area contributed by atoms with E-state index in [0.717, 1.165) is 6.07 Å². The molecule has 2 N–H and O–H groups in total. The van der Waals surface area contributed by atoms with Crippen molar-refractivity contribution in [3.63, 3.8) is 0 Å². The second-order valence-electron chi connectivity index (χ2n) is 4.31. The number of hydrogen-bond donors (Lipinski definition) is 2. The van der Waals surface area contributed by atoms with Crippen LogP contribution in [0, 0.1) is 12.7 Å². The molecule has 0 radical (unpaired) electrons. The number of nitrogens with one attached hydrogen (secondary N) is 1. The summed E-state index contributed by atoms with van der Waals surface area (Å²) in [5, 5.41) is 10.6. The molecular formula is C13H14F3NO4. The number of carbonyl (C=O) groups excluding carboxylic acids is 1. The molecule has 0 heterocycles. The Morgan fingerprint density at radius 2 is 2.05 bits per heavy atom. The minimum Gasteiger partial charge on any atom is -0.481 e. The van der Waals surface area contributed by atoms with Gasteiger partial charge in [-0.05, 0) is 24.6 Å². The maximum atomic E-state index is 13.3. The highest BCUT2D eigenvalue weighted by molar-refractivity contribution is 5.84. The second kappa shape index (κ2) is 7.51. The Labute approximate surface area is 118 Å². The fourth-order valence-electron chi connectivity index (χ4n) is 1.50. The first-order valence-electron chi connectivity index (χ1n) is 5.99. The van der Waals surface area contributed by atoms with Crippen molar-refractivity contribution in [2.45, 2.75) is 25.8 Å². The van der Waals surface area contributed by atoms with E-state index in [0.29, 0.717) is 5.56 Å². The average Bonchev–Trinajstić information content (AvgIpc) is 2.38. The summed E-state index contributed by atoms with van der Waals surface area (Å²) in [7, 11) is 0. The van der Waals surface area contributed by atoms with Crippen LogP contribution in [0.4, 0.5) is 13.2 Å². The van der Waals surface area contributed by atoms with Gasteiger partial charge in [0, 0.05) is 6.42 Å². The fourth-order valence-corrected chi connectivity index (χ4v) is 1.50. The first kappa shape index (κ1) is 16.8. The zero-order chi connectivity index (χ0) is 16.0. The molecule has 5 nitrogen and oxygen atoms in total. The number of hydrogen-bond acceptors (Lipinski definition) is 3. The standard InChI is InChI=1S/C13H14F3NO4/c1-7-2-3-8(14)10(4-7)21-6-12(18)17-9(13(19)20)5-11(15)16/h2-4,9,11H,5-6H2,1H3,(H,17,18)(H,19,20). The van der Waals surface area contributed by atoms with Gasteiger partial charge in [0.25, 0.3) is 5.91 Å². The topological polar surface area (TPSA) is 75.6 Å². The number of benzene rings is 1. The van der Waals surface area contributed by atoms with Crippen LogP contribution in [0.5, 0.6) is 5.75 Å². The minimum atomic E-state index is -2.87. The molecule has 0 aromatic heterocycles. The van der Waals surface area contributed by atoms with Crippen LogP contribution in [0.15, 0.2) is 18.2 Å². The third-order valence-electron chi connectivity index (χ3n) is 2.49. The number of aliphatic carboxylic acids is 1. The predicted molar refractivity (Wildman–Crippen MR) is 66.8 cm³/mol. The van der Waals surface area contributed by atoms with Gasteiger partial charge in [-0.1, -0.05) is 6.07 Å². The Bertz CT molecular complexity index is 522. The molecule has 1 aromatic carbocycles. The van der Waals surface area contributed by atoms with E-state index in [4.69, 9.17) is 9.84 Å². The molecule has 0 spiro atoms. The van der Waals surface area contributed by atoms with E-state index in [2.05, 4.69) is 0 Å². The molecule has 1 unspecified atom stereocenters. The van der Waals surface area contributed by atoms with Gasteiger partial charge in [0.15, 0.2) is 18.2 Å². The third kappa shape index (κ3) is 5.72. The summed E-state index contributed by atoms with van der Waals surface area (Å²) in [6.45, 7) is 1.02. The molecule has 8 heteroatoms. The third-order valence-corrected chi connectivity index (χ3v) is 2.49. The van der Waals surface area contributed by atoms with Crippen molar-refractivity contribution in [2.75, 3.05) is 6.61 Å². The molecule has 0 bridgehead atoms. The molecule has 1 rings (SSSR count). The van der Waals surface area contributed by atoms with Crippen molar-refractivity contribution in [3.8, 4) is 5.75 Å². The highest BCUT2D eigenvalue weighted by Gasteiger charge is 2.24. The molecule has 1 atom stereocenters. The van der Waals surface area contributed by atoms with Crippen molar-refractivity contribution in [1.29, 1.82) is 0 Å². The van der Waals surface area contributed by atoms with E-state index < -0.39 is 43.2 Å². The summed E-state index contributed by atoms with van der Waals surface area (Å²) in [6, 6.07) is 2.30. The first-order valence-corrected chi connectivity index (χ1v) is 5.99. The van der Waals surface area contributed by atoms with E-state index in [1.807, 2.05) is 5.32 Å². The number of alkyl halides is 2. The van der Waals surface area contributed by atoms with Gasteiger partial charge < -0.3 is 15.2 Å². The van der Waals surface area contributed by atoms with Crippen molar-refractivity contribution in [2.24, 2.45) is 0 Å². The van der Waals surface area contributed by atoms with E-state index in [9.17, 15) is 22.8 Å². The van der Waals surface area contributed by atoms with E-state index in [1.54, 1.807) is 6.92 Å². The van der Waals surface area contributed by atoms with Gasteiger partial charge in [-0.25, -0.2) is 18.0 Å². The Kier molecular flexibility index (Phi) is 6.01. The zero-order valence-electron chi connectivity index (χ0n) is 11.1. The van der Waals surface area contributed by atoms with Crippen LogP contribution in [0.2, 0.25) is 0 Å². The summed E-state index contributed by atoms with van der Waals surface area (Å²) in [4.78, 5) is 22.1. The van der Waals surface area contributed by atoms with Crippen molar-refractivity contribution in [3.05, 3.63) is 29.6 Å². The molecule has 0 aliphatic carbocycles. The maximum absolute atomic E-state index is 13.3. The lowest BCUT2D eigenvalue weighted by Gasteiger charge is -2.14. The molecule has 0 fully saturated rings. The van der Waals surface area contributed by atoms with Crippen molar-refractivity contribution < 1.29 is 32.6 Å². The lowest BCUT2D eigenvalue weighted by atomic mass is 10.2. The van der Waals surface area contributed by atoms with Crippen molar-refractivity contribution in [1.82, 2.24) is 5.32 Å². The number of carbonyl (C=O) groups is 2. The van der Waals surface area contributed by atoms with Gasteiger partial charge >= 0.3 is 5.97 Å². The number of ether oxygens (including phenoxy) is 1. The summed E-state index contributed by atoms with van der Waals surface area (Å²) in [6.07, 6.45) is -3.89. The normalized spacial score (nSPS) is 12.0. The molecule has 1 aromatic rings. The van der Waals surface area contributed by atoms with Crippen LogP contribution in [-0.2, 0) is 9.59 Å². The lowest BCUT2D eigenvalue weighted by molar-refractivity contribution is -0.143. The number of carboxylic acid groups (broad SMARTS) is 1. The summed E-state index contributed by atoms with van der Waals surface area (Å²) in [5.41, 5.74) is 0.702. The monoisotopic (exact) mass is 305 g/mol. The molecule has 0 saturated heterocycles. The van der Waals surface area contributed by atoms with Crippen LogP contribution in [0.3, 0.4) is 0 Å². The fraction of sp³-hybridized carbons (Fsp3) is 0.385. The van der Waals surface area contributed by atoms with Crippen LogP contribution >= 0.6 is 0 Å². The SMILES string of the molecule is Cc1ccc(F)c(OCC(=O)NC(CC(F)F)C(=O)O)c1. The Morgan fingerprint density at radius 3 is 2.62 bits per heavy atom. The predicted octanol–water partition coefficient (Wildman–Crippen LogP) is 1.74. The van der Waals surface area contributed by atoms with Gasteiger partial charge in [0.1, 0.15) is 6.04 Å². The smallest absolute Gasteiger partial charge is 0.326 e. The number of aryl methyl sites for hydroxylation is 1. The van der Waals surface area contributed by atoms with Gasteiger partial charge in [-0.2, -0.15) is 0 Å². The highest BCUT2D eigenvalue weighted by Crippen LogP contribution is 2.18. The van der Waals surface area contributed by atoms with Gasteiger partial charge in [-0.15, -0.1) is 0 Å². The Morgan fingerprint density at radius 1 is 1.38 bits per heavy atom. The molecule has 1 amide bonds. The van der Waals surface area contributed by atoms with Crippen LogP contribution in [0.1, 0.15) is 12.0 Å². The highest BCUT2D eigenvalue weighted by atomic mass is 19.3. The van der Waals surface area contributed by atoms with Gasteiger partial charge in [0.05, 0.1) is 0 Å². The lowest BCUT2D eigenvalue weighted by Crippen LogP contribution is -2.44. The first-order chi connectivity index (χ1) is 9.79. The minimum absolute atomic E-state index is 0.175. The molecule has 0 aliphatic heterocycles. The van der Waals surface area contributed by atoms with E-state index in [1.165, 1.54) is 12.1 Å². The van der Waals surface area contributed by atoms with Crippen LogP contribution < -0.4 is 10.1 Å². The van der Waals surface area contributed by atoms with E-state index in [-0.39, 0.29) is 5.75 Å². The molecule has 116 valence electrons. The van der Waals surface area contributed by atoms with E-state index >= 15 is 0 Å². The summed E-state index contributed by atoms with van der Waals surface area (Å²) in [5.74, 6) is -3.36. The van der Waals surface area contributed by atoms with Gasteiger partial charge in [-0.3, -0.25) is 4.79 Å². The Hall–Kier alpha value is -2.25. The van der Waals surface area contributed by atoms with Crippen LogP contribution in [0.25, 0.3) is 0 Å². The van der Waals surface area contributed by atoms with Crippen molar-refractivity contribution >= 4 is 11.9 Å². The second-order valence-corrected chi connectivity index (χ2v) is 4.31. The number of rotatable bonds is 7. The largest absolute Gasteiger partial charge is 0.481 e. The zero-order valence-corrected chi connectivity index (χ0v) is 11.1. The van der Waals surface area contributed by atoms with Crippen LogP contribution in [-0.4, -0.2) is 36.1 Å². The summed E-state index contributed by atoms with van der Waals surface area (Å²) >= 11 is 0. The molecule has 0 aliphatic rings. The summed E-state index contributed by atoms with van der Waals surface area (Å²) < 4.78 is 42.5. The quantitative estimate of drug-likeness (QED) is 0.804. The molecule has 0 saturated carbocycles. The average molecular weight is 305 g/mol. The number of amides is 1. The number of carboxylic acids is 1. The molecule has 21 heavy (non-hydrogen) atoms. The Balaban J connectivity index is 2.56. The van der Waals surface area contributed by atoms with Gasteiger partial charge in [0.2, 0.25) is 6.43 Å².